The van der Waals surface area contributed by atoms with Gasteiger partial charge in [-0.2, -0.15) is 5.10 Å². The number of nitrogens with zero attached hydrogens (tertiary/aromatic N) is 4. The number of imidazole rings is 1. The number of aliphatic hydroxyl groups excluding tert-OH is 1. The van der Waals surface area contributed by atoms with Crippen molar-refractivity contribution < 1.29 is 27.8 Å². The Morgan fingerprint density at radius 2 is 1.83 bits per heavy atom. The van der Waals surface area contributed by atoms with Crippen molar-refractivity contribution in [3.05, 3.63) is 93.1 Å². The van der Waals surface area contributed by atoms with Gasteiger partial charge in [-0.3, -0.25) is 4.79 Å². The van der Waals surface area contributed by atoms with E-state index in [1.54, 1.807) is 29.2 Å². The topological polar surface area (TPSA) is 91.4 Å². The van der Waals surface area contributed by atoms with E-state index >= 15 is 0 Å². The molecule has 0 aliphatic carbocycles. The van der Waals surface area contributed by atoms with Crippen LogP contribution in [0.15, 0.2) is 53.7 Å². The summed E-state index contributed by atoms with van der Waals surface area (Å²) in [4.78, 5) is 17.3. The van der Waals surface area contributed by atoms with Crippen molar-refractivity contribution in [1.29, 1.82) is 0 Å². The van der Waals surface area contributed by atoms with Gasteiger partial charge in [-0.15, -0.1) is 0 Å². The fourth-order valence-electron chi connectivity index (χ4n) is 3.45. The molecule has 0 radical (unpaired) electrons. The van der Waals surface area contributed by atoms with Gasteiger partial charge in [0, 0.05) is 18.3 Å². The largest absolute Gasteiger partial charge is 0.494 e. The number of ether oxygens (including phenoxy) is 2. The number of hydrogen-bond acceptors (Lipinski definition) is 6. The lowest BCUT2D eigenvalue weighted by molar-refractivity contribution is 0.234. The summed E-state index contributed by atoms with van der Waals surface area (Å²) in [7, 11) is 1.47. The molecule has 35 heavy (non-hydrogen) atoms. The van der Waals surface area contributed by atoms with E-state index in [0.29, 0.717) is 28.3 Å². The van der Waals surface area contributed by atoms with Crippen LogP contribution in [-0.4, -0.2) is 38.2 Å². The van der Waals surface area contributed by atoms with Crippen molar-refractivity contribution >= 4 is 11.6 Å². The number of methoxy groups -OCH3 is 1. The molecule has 0 saturated heterocycles. The van der Waals surface area contributed by atoms with E-state index in [0.717, 1.165) is 11.8 Å². The number of aromatic nitrogens is 4. The Kier molecular flexibility index (Phi) is 6.81. The van der Waals surface area contributed by atoms with Gasteiger partial charge in [0.05, 0.1) is 31.4 Å². The normalized spacial score (nSPS) is 12.0. The van der Waals surface area contributed by atoms with E-state index < -0.39 is 35.7 Å². The number of hydrogen-bond donors (Lipinski definition) is 1. The number of aryl methyl sites for hydroxylation is 1. The lowest BCUT2D eigenvalue weighted by Gasteiger charge is -2.18. The monoisotopic (exact) mass is 506 g/mol. The number of rotatable bonds is 7. The van der Waals surface area contributed by atoms with E-state index in [1.807, 2.05) is 6.92 Å². The highest BCUT2D eigenvalue weighted by Crippen LogP contribution is 2.31. The average Bonchev–Trinajstić information content (AvgIpc) is 3.26. The summed E-state index contributed by atoms with van der Waals surface area (Å²) < 4.78 is 54.5. The van der Waals surface area contributed by atoms with Crippen LogP contribution in [0.3, 0.4) is 0 Å². The minimum atomic E-state index is -1.68. The summed E-state index contributed by atoms with van der Waals surface area (Å²) in [5, 5.41) is 13.5. The van der Waals surface area contributed by atoms with E-state index in [4.69, 9.17) is 21.1 Å². The van der Waals surface area contributed by atoms with Crippen LogP contribution in [0, 0.1) is 24.4 Å². The van der Waals surface area contributed by atoms with Crippen LogP contribution in [0.4, 0.5) is 13.2 Å². The lowest BCUT2D eigenvalue weighted by atomic mass is 10.1. The number of aliphatic hydroxyl groups is 1. The zero-order valence-electron chi connectivity index (χ0n) is 18.4. The Morgan fingerprint density at radius 3 is 2.43 bits per heavy atom. The first-order chi connectivity index (χ1) is 16.7. The van der Waals surface area contributed by atoms with Gasteiger partial charge >= 0.3 is 5.56 Å². The smallest absolute Gasteiger partial charge is 0.310 e. The van der Waals surface area contributed by atoms with Crippen molar-refractivity contribution in [3.63, 3.8) is 0 Å². The fraction of sp³-hybridized carbons (Fsp3) is 0.174. The zero-order valence-corrected chi connectivity index (χ0v) is 19.1. The maximum absolute atomic E-state index is 13.8. The maximum atomic E-state index is 13.8. The molecular formula is C23H18ClF3N4O4. The van der Waals surface area contributed by atoms with E-state index in [-0.39, 0.29) is 22.2 Å². The van der Waals surface area contributed by atoms with Gasteiger partial charge in [0.1, 0.15) is 17.5 Å². The third-order valence-corrected chi connectivity index (χ3v) is 5.28. The summed E-state index contributed by atoms with van der Waals surface area (Å²) in [6.45, 7) is 1.05. The SMILES string of the molecule is COc1cc(Oc2cc(Cl)nn([C@@H](CO)c3cc(F)c(F)c(F)c3)c2=O)ccc1-n1cnc(C)c1. The van der Waals surface area contributed by atoms with Crippen LogP contribution in [0.1, 0.15) is 17.3 Å². The number of benzene rings is 2. The summed E-state index contributed by atoms with van der Waals surface area (Å²) in [5.41, 5.74) is 0.394. The van der Waals surface area contributed by atoms with Crippen LogP contribution in [0.5, 0.6) is 17.2 Å². The summed E-state index contributed by atoms with van der Waals surface area (Å²) in [6, 6.07) is 5.93. The third-order valence-electron chi connectivity index (χ3n) is 5.10. The van der Waals surface area contributed by atoms with Gasteiger partial charge in [0.15, 0.2) is 28.4 Å². The second-order valence-electron chi connectivity index (χ2n) is 7.44. The fourth-order valence-corrected chi connectivity index (χ4v) is 3.63. The van der Waals surface area contributed by atoms with Gasteiger partial charge in [-0.1, -0.05) is 11.6 Å². The standard InChI is InChI=1S/C23H18ClF3N4O4/c1-12-9-30(11-28-12)17-4-3-14(7-19(17)34-2)35-20-8-21(24)29-31(23(20)33)18(10-32)13-5-15(25)22(27)16(26)6-13/h3-9,11,18,32H,10H2,1-2H3/t18-/m0/s1. The maximum Gasteiger partial charge on any atom is 0.310 e. The molecule has 0 unspecified atom stereocenters. The molecule has 1 atom stereocenters. The molecule has 2 aromatic carbocycles. The molecule has 8 nitrogen and oxygen atoms in total. The molecule has 1 N–H and O–H groups in total. The molecule has 0 aliphatic rings. The Hall–Kier alpha value is -3.83. The first-order valence-corrected chi connectivity index (χ1v) is 10.5. The lowest BCUT2D eigenvalue weighted by Crippen LogP contribution is -2.31. The van der Waals surface area contributed by atoms with Crippen LogP contribution in [0.2, 0.25) is 5.15 Å². The molecule has 0 aliphatic heterocycles. The van der Waals surface area contributed by atoms with Gasteiger partial charge in [0.25, 0.3) is 0 Å². The predicted molar refractivity (Wildman–Crippen MR) is 120 cm³/mol. The Balaban J connectivity index is 1.72. The molecule has 2 aromatic heterocycles. The molecule has 182 valence electrons. The molecular weight excluding hydrogens is 489 g/mol. The molecule has 0 spiro atoms. The summed E-state index contributed by atoms with van der Waals surface area (Å²) >= 11 is 6.06. The molecule has 4 aromatic rings. The quantitative estimate of drug-likeness (QED) is 0.378. The Morgan fingerprint density at radius 1 is 1.11 bits per heavy atom. The summed E-state index contributed by atoms with van der Waals surface area (Å²) in [6.07, 6.45) is 3.42. The molecule has 4 rings (SSSR count). The van der Waals surface area contributed by atoms with Gasteiger partial charge in [-0.05, 0) is 36.8 Å². The van der Waals surface area contributed by atoms with Crippen molar-refractivity contribution in [2.24, 2.45) is 0 Å². The van der Waals surface area contributed by atoms with Crippen LogP contribution >= 0.6 is 11.6 Å². The molecule has 0 amide bonds. The van der Waals surface area contributed by atoms with Crippen LogP contribution < -0.4 is 15.0 Å². The van der Waals surface area contributed by atoms with Gasteiger partial charge in [-0.25, -0.2) is 22.8 Å². The third kappa shape index (κ3) is 4.86. The first-order valence-electron chi connectivity index (χ1n) is 10.1. The average molecular weight is 507 g/mol. The highest BCUT2D eigenvalue weighted by Gasteiger charge is 2.23. The molecule has 0 saturated carbocycles. The second-order valence-corrected chi connectivity index (χ2v) is 7.82. The predicted octanol–water partition coefficient (Wildman–Crippen LogP) is 4.19. The van der Waals surface area contributed by atoms with E-state index in [2.05, 4.69) is 10.1 Å². The van der Waals surface area contributed by atoms with Crippen molar-refractivity contribution in [1.82, 2.24) is 19.3 Å². The molecule has 0 bridgehead atoms. The molecule has 2 heterocycles. The van der Waals surface area contributed by atoms with Crippen molar-refractivity contribution in [2.75, 3.05) is 13.7 Å². The Labute approximate surface area is 201 Å². The molecule has 0 fully saturated rings. The molecule has 12 heteroatoms. The minimum absolute atomic E-state index is 0.196. The van der Waals surface area contributed by atoms with Crippen LogP contribution in [0.25, 0.3) is 5.69 Å². The van der Waals surface area contributed by atoms with Crippen molar-refractivity contribution in [2.45, 2.75) is 13.0 Å². The second kappa shape index (κ2) is 9.80. The van der Waals surface area contributed by atoms with Gasteiger partial charge < -0.3 is 19.1 Å². The Bertz CT molecular complexity index is 1430. The minimum Gasteiger partial charge on any atom is -0.494 e. The highest BCUT2D eigenvalue weighted by molar-refractivity contribution is 6.29. The van der Waals surface area contributed by atoms with Crippen molar-refractivity contribution in [3.8, 4) is 22.9 Å². The van der Waals surface area contributed by atoms with E-state index in [9.17, 15) is 23.1 Å². The first kappa shape index (κ1) is 24.3. The number of halogens is 4. The summed E-state index contributed by atoms with van der Waals surface area (Å²) in [5.74, 6) is -4.28. The highest BCUT2D eigenvalue weighted by atomic mass is 35.5. The zero-order chi connectivity index (χ0) is 25.3. The van der Waals surface area contributed by atoms with Crippen LogP contribution in [-0.2, 0) is 0 Å². The van der Waals surface area contributed by atoms with Gasteiger partial charge in [0.2, 0.25) is 0 Å². The van der Waals surface area contributed by atoms with E-state index in [1.165, 1.54) is 13.2 Å².